The van der Waals surface area contributed by atoms with Crippen molar-refractivity contribution in [2.75, 3.05) is 11.0 Å². The molecule has 0 heterocycles. The molecule has 0 aliphatic rings. The van der Waals surface area contributed by atoms with Gasteiger partial charge in [0.2, 0.25) is 0 Å². The highest BCUT2D eigenvalue weighted by atomic mass is 32.2. The lowest BCUT2D eigenvalue weighted by atomic mass is 10.1. The maximum atomic E-state index is 10.8. The van der Waals surface area contributed by atoms with Crippen LogP contribution in [0.1, 0.15) is 15.9 Å². The van der Waals surface area contributed by atoms with E-state index in [0.717, 1.165) is 5.56 Å². The summed E-state index contributed by atoms with van der Waals surface area (Å²) in [4.78, 5) is 10.8. The summed E-state index contributed by atoms with van der Waals surface area (Å²) in [6, 6.07) is 5.31. The molecule has 13 heavy (non-hydrogen) atoms. The van der Waals surface area contributed by atoms with E-state index in [2.05, 4.69) is 4.72 Å². The Bertz CT molecular complexity index is 325. The smallest absolute Gasteiger partial charge is 0.337 e. The van der Waals surface area contributed by atoms with Gasteiger partial charge in [0.1, 0.15) is 0 Å². The van der Waals surface area contributed by atoms with Gasteiger partial charge in [0.15, 0.2) is 0 Å². The minimum absolute atomic E-state index is 0.314. The van der Waals surface area contributed by atoms with Gasteiger partial charge in [0.25, 0.3) is 0 Å². The van der Waals surface area contributed by atoms with Crippen molar-refractivity contribution in [1.82, 2.24) is 0 Å². The SMILES string of the molecule is CSNc1ccc(C)cc1C(=O)O. The number of hydrogen-bond acceptors (Lipinski definition) is 3. The summed E-state index contributed by atoms with van der Waals surface area (Å²) in [5.74, 6) is -0.903. The predicted octanol–water partition coefficient (Wildman–Crippen LogP) is 2.38. The third-order valence-electron chi connectivity index (χ3n) is 1.62. The van der Waals surface area contributed by atoms with E-state index in [0.29, 0.717) is 11.3 Å². The van der Waals surface area contributed by atoms with Crippen molar-refractivity contribution in [2.45, 2.75) is 6.92 Å². The summed E-state index contributed by atoms with van der Waals surface area (Å²) in [7, 11) is 0. The summed E-state index contributed by atoms with van der Waals surface area (Å²) < 4.78 is 2.92. The van der Waals surface area contributed by atoms with E-state index in [1.807, 2.05) is 19.2 Å². The van der Waals surface area contributed by atoms with Gasteiger partial charge in [-0.1, -0.05) is 23.6 Å². The maximum absolute atomic E-state index is 10.8. The van der Waals surface area contributed by atoms with Crippen molar-refractivity contribution in [2.24, 2.45) is 0 Å². The van der Waals surface area contributed by atoms with Crippen LogP contribution in [0.3, 0.4) is 0 Å². The van der Waals surface area contributed by atoms with Crippen molar-refractivity contribution in [1.29, 1.82) is 0 Å². The van der Waals surface area contributed by atoms with Gasteiger partial charge >= 0.3 is 5.97 Å². The summed E-state index contributed by atoms with van der Waals surface area (Å²) in [5, 5.41) is 8.87. The molecule has 1 aromatic carbocycles. The van der Waals surface area contributed by atoms with Crippen LogP contribution in [0, 0.1) is 6.92 Å². The lowest BCUT2D eigenvalue weighted by molar-refractivity contribution is 0.0698. The van der Waals surface area contributed by atoms with Gasteiger partial charge in [-0.2, -0.15) is 0 Å². The fraction of sp³-hybridized carbons (Fsp3) is 0.222. The van der Waals surface area contributed by atoms with E-state index < -0.39 is 5.97 Å². The molecule has 0 saturated heterocycles. The van der Waals surface area contributed by atoms with Gasteiger partial charge in [-0.3, -0.25) is 0 Å². The second-order valence-corrected chi connectivity index (χ2v) is 3.27. The molecule has 0 saturated carbocycles. The van der Waals surface area contributed by atoms with Crippen LogP contribution in [0.2, 0.25) is 0 Å². The van der Waals surface area contributed by atoms with Crippen LogP contribution in [0.25, 0.3) is 0 Å². The standard InChI is InChI=1S/C9H11NO2S/c1-6-3-4-8(10-13-2)7(5-6)9(11)12/h3-5,10H,1-2H3,(H,11,12). The van der Waals surface area contributed by atoms with Crippen molar-refractivity contribution in [3.63, 3.8) is 0 Å². The first-order chi connectivity index (χ1) is 6.15. The van der Waals surface area contributed by atoms with Crippen LogP contribution < -0.4 is 4.72 Å². The quantitative estimate of drug-likeness (QED) is 0.730. The Hall–Kier alpha value is -1.16. The van der Waals surface area contributed by atoms with Gasteiger partial charge in [-0.25, -0.2) is 4.79 Å². The molecule has 0 aromatic heterocycles. The molecule has 0 aliphatic heterocycles. The van der Waals surface area contributed by atoms with Crippen molar-refractivity contribution in [3.05, 3.63) is 29.3 Å². The van der Waals surface area contributed by atoms with Crippen molar-refractivity contribution in [3.8, 4) is 0 Å². The van der Waals surface area contributed by atoms with Crippen molar-refractivity contribution < 1.29 is 9.90 Å². The van der Waals surface area contributed by atoms with Crippen LogP contribution in [0.5, 0.6) is 0 Å². The molecule has 3 nitrogen and oxygen atoms in total. The first kappa shape index (κ1) is 9.92. The number of rotatable bonds is 3. The Kier molecular flexibility index (Phi) is 3.19. The van der Waals surface area contributed by atoms with Crippen molar-refractivity contribution >= 4 is 23.6 Å². The molecule has 0 bridgehead atoms. The zero-order valence-electron chi connectivity index (χ0n) is 7.50. The Balaban J connectivity index is 3.10. The summed E-state index contributed by atoms with van der Waals surface area (Å²) in [6.07, 6.45) is 1.85. The normalized spacial score (nSPS) is 9.69. The van der Waals surface area contributed by atoms with E-state index in [1.54, 1.807) is 12.1 Å². The molecular weight excluding hydrogens is 186 g/mol. The molecule has 1 rings (SSSR count). The highest BCUT2D eigenvalue weighted by Gasteiger charge is 2.08. The maximum Gasteiger partial charge on any atom is 0.337 e. The average molecular weight is 197 g/mol. The molecule has 0 atom stereocenters. The number of nitrogens with one attached hydrogen (secondary N) is 1. The Labute approximate surface area is 81.3 Å². The highest BCUT2D eigenvalue weighted by Crippen LogP contribution is 2.19. The highest BCUT2D eigenvalue weighted by molar-refractivity contribution is 7.99. The van der Waals surface area contributed by atoms with Gasteiger partial charge in [0.05, 0.1) is 11.3 Å². The zero-order chi connectivity index (χ0) is 9.84. The number of aryl methyl sites for hydroxylation is 1. The molecule has 70 valence electrons. The zero-order valence-corrected chi connectivity index (χ0v) is 8.31. The van der Waals surface area contributed by atoms with Crippen LogP contribution in [0.4, 0.5) is 5.69 Å². The third-order valence-corrected chi connectivity index (χ3v) is 2.04. The predicted molar refractivity (Wildman–Crippen MR) is 55.3 cm³/mol. The molecule has 2 N–H and O–H groups in total. The Morgan fingerprint density at radius 1 is 1.54 bits per heavy atom. The van der Waals surface area contributed by atoms with E-state index in [9.17, 15) is 4.79 Å². The molecule has 4 heteroatoms. The molecule has 0 aliphatic carbocycles. The van der Waals surface area contributed by atoms with Gasteiger partial charge < -0.3 is 9.83 Å². The summed E-state index contributed by atoms with van der Waals surface area (Å²) in [5.41, 5.74) is 1.91. The molecule has 0 radical (unpaired) electrons. The first-order valence-electron chi connectivity index (χ1n) is 3.78. The topological polar surface area (TPSA) is 49.3 Å². The lowest BCUT2D eigenvalue weighted by Crippen LogP contribution is -2.01. The number of hydrogen-bond donors (Lipinski definition) is 2. The van der Waals surface area contributed by atoms with Gasteiger partial charge in [0, 0.05) is 6.26 Å². The minimum atomic E-state index is -0.903. The Morgan fingerprint density at radius 3 is 2.77 bits per heavy atom. The average Bonchev–Trinajstić information content (AvgIpc) is 2.08. The molecular formula is C9H11NO2S. The number of carbonyl (C=O) groups is 1. The third kappa shape index (κ3) is 2.39. The second-order valence-electron chi connectivity index (χ2n) is 2.66. The van der Waals surface area contributed by atoms with E-state index in [1.165, 1.54) is 11.9 Å². The molecule has 1 aromatic rings. The summed E-state index contributed by atoms with van der Waals surface area (Å²) >= 11 is 1.38. The van der Waals surface area contributed by atoms with Crippen LogP contribution in [-0.4, -0.2) is 17.3 Å². The number of carboxylic acid groups (broad SMARTS) is 1. The lowest BCUT2D eigenvalue weighted by Gasteiger charge is -2.06. The molecule has 0 fully saturated rings. The molecule has 0 unspecified atom stereocenters. The number of aromatic carboxylic acids is 1. The van der Waals surface area contributed by atoms with Gasteiger partial charge in [-0.15, -0.1) is 0 Å². The molecule has 0 amide bonds. The fourth-order valence-corrected chi connectivity index (χ4v) is 1.43. The van der Waals surface area contributed by atoms with E-state index in [4.69, 9.17) is 5.11 Å². The first-order valence-corrected chi connectivity index (χ1v) is 5.00. The van der Waals surface area contributed by atoms with Gasteiger partial charge in [-0.05, 0) is 19.1 Å². The largest absolute Gasteiger partial charge is 0.478 e. The van der Waals surface area contributed by atoms with E-state index in [-0.39, 0.29) is 0 Å². The van der Waals surface area contributed by atoms with Crippen LogP contribution in [-0.2, 0) is 0 Å². The number of anilines is 1. The monoisotopic (exact) mass is 197 g/mol. The van der Waals surface area contributed by atoms with Crippen LogP contribution in [0.15, 0.2) is 18.2 Å². The summed E-state index contributed by atoms with van der Waals surface area (Å²) in [6.45, 7) is 1.87. The molecule has 0 spiro atoms. The van der Waals surface area contributed by atoms with E-state index >= 15 is 0 Å². The number of carboxylic acids is 1. The fourth-order valence-electron chi connectivity index (χ4n) is 1.03. The Morgan fingerprint density at radius 2 is 2.23 bits per heavy atom. The minimum Gasteiger partial charge on any atom is -0.478 e. The second kappa shape index (κ2) is 4.18. The van der Waals surface area contributed by atoms with Crippen LogP contribution >= 0.6 is 11.9 Å². The number of benzene rings is 1.